The van der Waals surface area contributed by atoms with Crippen molar-refractivity contribution in [2.45, 2.75) is 44.6 Å². The number of ether oxygens (including phenoxy) is 1. The Balaban J connectivity index is 2.12. The third-order valence-corrected chi connectivity index (χ3v) is 3.84. The Morgan fingerprint density at radius 3 is 2.55 bits per heavy atom. The SMILES string of the molecule is COc1cn(C)c(C(=O)NC2CCCCCC2)cc1=O. The van der Waals surface area contributed by atoms with Crippen LogP contribution in [-0.2, 0) is 7.05 Å². The van der Waals surface area contributed by atoms with Crippen LogP contribution < -0.4 is 15.5 Å². The molecule has 1 heterocycles. The highest BCUT2D eigenvalue weighted by molar-refractivity contribution is 5.92. The van der Waals surface area contributed by atoms with Crippen LogP contribution in [0.15, 0.2) is 17.1 Å². The topological polar surface area (TPSA) is 60.3 Å². The van der Waals surface area contributed by atoms with Gasteiger partial charge in [-0.1, -0.05) is 25.7 Å². The molecule has 110 valence electrons. The summed E-state index contributed by atoms with van der Waals surface area (Å²) in [5, 5.41) is 3.04. The van der Waals surface area contributed by atoms with E-state index < -0.39 is 0 Å². The summed E-state index contributed by atoms with van der Waals surface area (Å²) in [7, 11) is 3.19. The van der Waals surface area contributed by atoms with Crippen LogP contribution in [0.4, 0.5) is 0 Å². The summed E-state index contributed by atoms with van der Waals surface area (Å²) < 4.78 is 6.59. The molecule has 1 aliphatic carbocycles. The minimum absolute atomic E-state index is 0.181. The zero-order valence-electron chi connectivity index (χ0n) is 12.1. The van der Waals surface area contributed by atoms with E-state index in [1.807, 2.05) is 0 Å². The molecule has 0 bridgehead atoms. The Morgan fingerprint density at radius 2 is 1.95 bits per heavy atom. The lowest BCUT2D eigenvalue weighted by Gasteiger charge is -2.17. The second-order valence-electron chi connectivity index (χ2n) is 5.36. The number of methoxy groups -OCH3 is 1. The summed E-state index contributed by atoms with van der Waals surface area (Å²) in [6.07, 6.45) is 8.40. The lowest BCUT2D eigenvalue weighted by molar-refractivity contribution is 0.0924. The molecular weight excluding hydrogens is 256 g/mol. The largest absolute Gasteiger partial charge is 0.491 e. The second kappa shape index (κ2) is 6.59. The van der Waals surface area contributed by atoms with Gasteiger partial charge in [0.25, 0.3) is 5.91 Å². The monoisotopic (exact) mass is 278 g/mol. The lowest BCUT2D eigenvalue weighted by atomic mass is 10.1. The van der Waals surface area contributed by atoms with Crippen LogP contribution in [-0.4, -0.2) is 23.6 Å². The number of nitrogens with zero attached hydrogens (tertiary/aromatic N) is 1. The van der Waals surface area contributed by atoms with E-state index in [-0.39, 0.29) is 23.1 Å². The number of rotatable bonds is 3. The highest BCUT2D eigenvalue weighted by Crippen LogP contribution is 2.17. The first kappa shape index (κ1) is 14.6. The number of aromatic nitrogens is 1. The maximum Gasteiger partial charge on any atom is 0.268 e. The highest BCUT2D eigenvalue weighted by Gasteiger charge is 2.18. The molecule has 1 aromatic heterocycles. The average Bonchev–Trinajstić information content (AvgIpc) is 2.69. The Morgan fingerprint density at radius 1 is 1.30 bits per heavy atom. The van der Waals surface area contributed by atoms with E-state index >= 15 is 0 Å². The van der Waals surface area contributed by atoms with Crippen molar-refractivity contribution in [2.24, 2.45) is 7.05 Å². The van der Waals surface area contributed by atoms with Crippen molar-refractivity contribution in [1.82, 2.24) is 9.88 Å². The maximum atomic E-state index is 12.3. The molecule has 5 nitrogen and oxygen atoms in total. The summed E-state index contributed by atoms with van der Waals surface area (Å²) in [4.78, 5) is 24.0. The first-order valence-corrected chi connectivity index (χ1v) is 7.17. The van der Waals surface area contributed by atoms with Crippen LogP contribution in [0.3, 0.4) is 0 Å². The van der Waals surface area contributed by atoms with Gasteiger partial charge in [-0.05, 0) is 12.8 Å². The van der Waals surface area contributed by atoms with Crippen LogP contribution in [0.1, 0.15) is 49.0 Å². The molecule has 1 saturated carbocycles. The van der Waals surface area contributed by atoms with Gasteiger partial charge in [-0.15, -0.1) is 0 Å². The predicted octanol–water partition coefficient (Wildman–Crippen LogP) is 1.85. The number of pyridine rings is 1. The molecule has 0 unspecified atom stereocenters. The van der Waals surface area contributed by atoms with Crippen LogP contribution >= 0.6 is 0 Å². The number of carbonyl (C=O) groups excluding carboxylic acids is 1. The van der Waals surface area contributed by atoms with E-state index in [1.54, 1.807) is 17.8 Å². The molecule has 0 spiro atoms. The van der Waals surface area contributed by atoms with Gasteiger partial charge in [-0.3, -0.25) is 9.59 Å². The fourth-order valence-corrected chi connectivity index (χ4v) is 2.67. The van der Waals surface area contributed by atoms with Gasteiger partial charge in [0.2, 0.25) is 5.43 Å². The molecule has 20 heavy (non-hydrogen) atoms. The zero-order chi connectivity index (χ0) is 14.5. The highest BCUT2D eigenvalue weighted by atomic mass is 16.5. The molecule has 1 fully saturated rings. The fraction of sp³-hybridized carbons (Fsp3) is 0.600. The summed E-state index contributed by atoms with van der Waals surface area (Å²) >= 11 is 0. The summed E-state index contributed by atoms with van der Waals surface area (Å²) in [5.41, 5.74) is 0.108. The van der Waals surface area contributed by atoms with Crippen molar-refractivity contribution >= 4 is 5.91 Å². The average molecular weight is 278 g/mol. The zero-order valence-corrected chi connectivity index (χ0v) is 12.1. The van der Waals surface area contributed by atoms with Crippen molar-refractivity contribution < 1.29 is 9.53 Å². The van der Waals surface area contributed by atoms with Crippen molar-refractivity contribution in [3.05, 3.63) is 28.2 Å². The van der Waals surface area contributed by atoms with Crippen molar-refractivity contribution in [3.63, 3.8) is 0 Å². The molecule has 0 aliphatic heterocycles. The number of carbonyl (C=O) groups is 1. The van der Waals surface area contributed by atoms with Gasteiger partial charge < -0.3 is 14.6 Å². The van der Waals surface area contributed by atoms with Gasteiger partial charge in [-0.2, -0.15) is 0 Å². The molecule has 1 amide bonds. The van der Waals surface area contributed by atoms with Crippen LogP contribution in [0.25, 0.3) is 0 Å². The molecule has 1 aliphatic rings. The normalized spacial score (nSPS) is 16.5. The van der Waals surface area contributed by atoms with Gasteiger partial charge in [0.1, 0.15) is 5.69 Å². The minimum Gasteiger partial charge on any atom is -0.491 e. The van der Waals surface area contributed by atoms with Crippen molar-refractivity contribution in [2.75, 3.05) is 7.11 Å². The molecule has 0 saturated heterocycles. The third-order valence-electron chi connectivity index (χ3n) is 3.84. The van der Waals surface area contributed by atoms with E-state index in [4.69, 9.17) is 4.74 Å². The Bertz CT molecular complexity index is 528. The Kier molecular flexibility index (Phi) is 4.82. The Labute approximate surface area is 118 Å². The van der Waals surface area contributed by atoms with Gasteiger partial charge in [-0.25, -0.2) is 0 Å². The number of hydrogen-bond donors (Lipinski definition) is 1. The van der Waals surface area contributed by atoms with E-state index in [9.17, 15) is 9.59 Å². The van der Waals surface area contributed by atoms with Crippen molar-refractivity contribution in [1.29, 1.82) is 0 Å². The van der Waals surface area contributed by atoms with Gasteiger partial charge in [0.15, 0.2) is 5.75 Å². The smallest absolute Gasteiger partial charge is 0.268 e. The standard InChI is InChI=1S/C15H22N2O3/c1-17-10-14(20-2)13(18)9-12(17)15(19)16-11-7-5-3-4-6-8-11/h9-11H,3-8H2,1-2H3,(H,16,19). The molecule has 0 aromatic carbocycles. The summed E-state index contributed by atoms with van der Waals surface area (Å²) in [6.45, 7) is 0. The quantitative estimate of drug-likeness (QED) is 0.858. The first-order chi connectivity index (χ1) is 9.61. The summed E-state index contributed by atoms with van der Waals surface area (Å²) in [6, 6.07) is 1.56. The molecule has 1 N–H and O–H groups in total. The molecule has 0 atom stereocenters. The Hall–Kier alpha value is -1.78. The minimum atomic E-state index is -0.267. The van der Waals surface area contributed by atoms with Gasteiger partial charge >= 0.3 is 0 Å². The fourth-order valence-electron chi connectivity index (χ4n) is 2.67. The lowest BCUT2D eigenvalue weighted by Crippen LogP contribution is -2.36. The predicted molar refractivity (Wildman–Crippen MR) is 77.2 cm³/mol. The first-order valence-electron chi connectivity index (χ1n) is 7.17. The molecule has 2 rings (SSSR count). The van der Waals surface area contributed by atoms with Crippen LogP contribution in [0, 0.1) is 0 Å². The van der Waals surface area contributed by atoms with Crippen molar-refractivity contribution in [3.8, 4) is 5.75 Å². The second-order valence-corrected chi connectivity index (χ2v) is 5.36. The van der Waals surface area contributed by atoms with E-state index in [2.05, 4.69) is 5.32 Å². The molecule has 0 radical (unpaired) electrons. The van der Waals surface area contributed by atoms with Crippen LogP contribution in [0.2, 0.25) is 0 Å². The maximum absolute atomic E-state index is 12.3. The van der Waals surface area contributed by atoms with Crippen LogP contribution in [0.5, 0.6) is 5.75 Å². The molecule has 5 heteroatoms. The number of aryl methyl sites for hydroxylation is 1. The van der Waals surface area contributed by atoms with Gasteiger partial charge in [0.05, 0.1) is 13.3 Å². The summed E-state index contributed by atoms with van der Waals surface area (Å²) in [5.74, 6) is 0.0673. The number of hydrogen-bond acceptors (Lipinski definition) is 3. The van der Waals surface area contributed by atoms with E-state index in [0.29, 0.717) is 5.69 Å². The molecular formula is C15H22N2O3. The molecule has 1 aromatic rings. The third kappa shape index (κ3) is 3.40. The number of amides is 1. The number of nitrogens with one attached hydrogen (secondary N) is 1. The van der Waals surface area contributed by atoms with E-state index in [1.165, 1.54) is 26.0 Å². The van der Waals surface area contributed by atoms with E-state index in [0.717, 1.165) is 25.7 Å². The van der Waals surface area contributed by atoms with Gasteiger partial charge in [0, 0.05) is 19.2 Å².